The molecule has 0 aromatic heterocycles. The molecule has 1 saturated heterocycles. The summed E-state index contributed by atoms with van der Waals surface area (Å²) < 4.78 is 51.0. The van der Waals surface area contributed by atoms with Crippen molar-refractivity contribution in [1.29, 1.82) is 0 Å². The summed E-state index contributed by atoms with van der Waals surface area (Å²) in [5, 5.41) is 3.23. The quantitative estimate of drug-likeness (QED) is 0.844. The fourth-order valence-corrected chi connectivity index (χ4v) is 2.21. The topological polar surface area (TPSA) is 15.3 Å². The minimum atomic E-state index is -4.64. The van der Waals surface area contributed by atoms with Crippen molar-refractivity contribution in [2.24, 2.45) is 0 Å². The Kier molecular flexibility index (Phi) is 6.23. The predicted molar refractivity (Wildman–Crippen MR) is 71.4 cm³/mol. The van der Waals surface area contributed by atoms with Crippen LogP contribution in [0, 0.1) is 5.82 Å². The van der Waals surface area contributed by atoms with E-state index in [-0.39, 0.29) is 12.4 Å². The number of alkyl halides is 3. The third-order valence-corrected chi connectivity index (χ3v) is 3.18. The minimum Gasteiger partial charge on any atom is -0.315 e. The second-order valence-electron chi connectivity index (χ2n) is 4.69. The molecule has 2 nitrogen and oxygen atoms in total. The molecular formula is C13H17ClF4N2. The number of halogens is 5. The zero-order valence-electron chi connectivity index (χ0n) is 10.8. The van der Waals surface area contributed by atoms with E-state index in [1.165, 1.54) is 6.07 Å². The predicted octanol–water partition coefficient (Wildman–Crippen LogP) is 3.06. The van der Waals surface area contributed by atoms with Crippen LogP contribution in [-0.2, 0) is 12.7 Å². The van der Waals surface area contributed by atoms with E-state index in [2.05, 4.69) is 10.2 Å². The van der Waals surface area contributed by atoms with Crippen LogP contribution >= 0.6 is 12.4 Å². The molecule has 0 spiro atoms. The van der Waals surface area contributed by atoms with E-state index in [1.54, 1.807) is 0 Å². The van der Waals surface area contributed by atoms with Crippen molar-refractivity contribution in [2.75, 3.05) is 26.2 Å². The maximum atomic E-state index is 13.2. The van der Waals surface area contributed by atoms with E-state index in [0.717, 1.165) is 44.7 Å². The molecule has 1 aromatic carbocycles. The van der Waals surface area contributed by atoms with Gasteiger partial charge in [0, 0.05) is 19.6 Å². The summed E-state index contributed by atoms with van der Waals surface area (Å²) in [5.74, 6) is -1.21. The molecular weight excluding hydrogens is 296 g/mol. The smallest absolute Gasteiger partial charge is 0.315 e. The van der Waals surface area contributed by atoms with Crippen LogP contribution in [-0.4, -0.2) is 31.1 Å². The number of nitrogens with zero attached hydrogens (tertiary/aromatic N) is 1. The van der Waals surface area contributed by atoms with E-state index in [4.69, 9.17) is 0 Å². The lowest BCUT2D eigenvalue weighted by Crippen LogP contribution is -2.27. The van der Waals surface area contributed by atoms with E-state index >= 15 is 0 Å². The molecule has 1 aromatic rings. The molecule has 0 radical (unpaired) electrons. The summed E-state index contributed by atoms with van der Waals surface area (Å²) >= 11 is 0. The molecule has 2 rings (SSSR count). The lowest BCUT2D eigenvalue weighted by molar-refractivity contribution is -0.140. The number of nitrogens with one attached hydrogen (secondary N) is 1. The van der Waals surface area contributed by atoms with Crippen LogP contribution < -0.4 is 5.32 Å². The molecule has 1 fully saturated rings. The van der Waals surface area contributed by atoms with Crippen LogP contribution in [0.5, 0.6) is 0 Å². The van der Waals surface area contributed by atoms with Crippen LogP contribution in [0.2, 0.25) is 0 Å². The number of benzene rings is 1. The molecule has 0 amide bonds. The average molecular weight is 313 g/mol. The van der Waals surface area contributed by atoms with E-state index in [0.29, 0.717) is 12.1 Å². The number of hydrogen-bond acceptors (Lipinski definition) is 2. The van der Waals surface area contributed by atoms with Crippen LogP contribution in [0.4, 0.5) is 17.6 Å². The Balaban J connectivity index is 0.00000200. The molecule has 1 aliphatic rings. The first-order valence-electron chi connectivity index (χ1n) is 6.25. The first kappa shape index (κ1) is 17.2. The summed E-state index contributed by atoms with van der Waals surface area (Å²) in [6, 6.07) is 3.23. The normalized spacial score (nSPS) is 17.4. The highest BCUT2D eigenvalue weighted by atomic mass is 35.5. The van der Waals surface area contributed by atoms with Crippen LogP contribution in [0.25, 0.3) is 0 Å². The van der Waals surface area contributed by atoms with Crippen LogP contribution in [0.1, 0.15) is 17.5 Å². The molecule has 0 atom stereocenters. The highest BCUT2D eigenvalue weighted by Crippen LogP contribution is 2.32. The maximum absolute atomic E-state index is 13.2. The van der Waals surface area contributed by atoms with E-state index in [1.807, 2.05) is 0 Å². The maximum Gasteiger partial charge on any atom is 0.419 e. The molecule has 0 unspecified atom stereocenters. The van der Waals surface area contributed by atoms with Crippen LogP contribution in [0.3, 0.4) is 0 Å². The van der Waals surface area contributed by atoms with Gasteiger partial charge in [0.05, 0.1) is 5.56 Å². The summed E-state index contributed by atoms with van der Waals surface area (Å²) in [5.41, 5.74) is -0.687. The summed E-state index contributed by atoms with van der Waals surface area (Å²) in [6.45, 7) is 3.80. The number of hydrogen-bond donors (Lipinski definition) is 1. The van der Waals surface area contributed by atoms with Gasteiger partial charge in [0.2, 0.25) is 0 Å². The van der Waals surface area contributed by atoms with Gasteiger partial charge in [-0.1, -0.05) is 6.07 Å². The van der Waals surface area contributed by atoms with Gasteiger partial charge < -0.3 is 5.32 Å². The van der Waals surface area contributed by atoms with Crippen molar-refractivity contribution in [3.8, 4) is 0 Å². The zero-order valence-corrected chi connectivity index (χ0v) is 11.7. The van der Waals surface area contributed by atoms with Crippen molar-refractivity contribution >= 4 is 12.4 Å². The molecule has 0 saturated carbocycles. The van der Waals surface area contributed by atoms with Crippen molar-refractivity contribution < 1.29 is 17.6 Å². The third-order valence-electron chi connectivity index (χ3n) is 3.18. The van der Waals surface area contributed by atoms with E-state index in [9.17, 15) is 17.6 Å². The van der Waals surface area contributed by atoms with Gasteiger partial charge in [-0.15, -0.1) is 12.4 Å². The van der Waals surface area contributed by atoms with Gasteiger partial charge in [-0.2, -0.15) is 13.2 Å². The standard InChI is InChI=1S/C13H16F4N2.ClH/c14-12-3-2-10(8-11(12)13(15,16)17)9-19-6-1-4-18-5-7-19;/h2-3,8,18H,1,4-7,9H2;1H. The molecule has 1 N–H and O–H groups in total. The Hall–Kier alpha value is -0.850. The Bertz CT molecular complexity index is 429. The fraction of sp³-hybridized carbons (Fsp3) is 0.538. The van der Waals surface area contributed by atoms with Gasteiger partial charge >= 0.3 is 6.18 Å². The lowest BCUT2D eigenvalue weighted by Gasteiger charge is -2.20. The second-order valence-corrected chi connectivity index (χ2v) is 4.69. The van der Waals surface area contributed by atoms with Gasteiger partial charge in [0.1, 0.15) is 5.82 Å². The Labute approximate surface area is 121 Å². The largest absolute Gasteiger partial charge is 0.419 e. The first-order chi connectivity index (χ1) is 8.97. The van der Waals surface area contributed by atoms with E-state index < -0.39 is 17.6 Å². The fourth-order valence-electron chi connectivity index (χ4n) is 2.21. The molecule has 20 heavy (non-hydrogen) atoms. The average Bonchev–Trinajstić information content (AvgIpc) is 2.59. The molecule has 7 heteroatoms. The van der Waals surface area contributed by atoms with Crippen molar-refractivity contribution in [1.82, 2.24) is 10.2 Å². The second kappa shape index (κ2) is 7.24. The molecule has 1 aliphatic heterocycles. The summed E-state index contributed by atoms with van der Waals surface area (Å²) in [6.07, 6.45) is -3.67. The summed E-state index contributed by atoms with van der Waals surface area (Å²) in [7, 11) is 0. The Morgan fingerprint density at radius 2 is 1.90 bits per heavy atom. The first-order valence-corrected chi connectivity index (χ1v) is 6.25. The minimum absolute atomic E-state index is 0. The Morgan fingerprint density at radius 1 is 1.15 bits per heavy atom. The van der Waals surface area contributed by atoms with Crippen LogP contribution in [0.15, 0.2) is 18.2 Å². The van der Waals surface area contributed by atoms with Crippen molar-refractivity contribution in [3.63, 3.8) is 0 Å². The number of rotatable bonds is 2. The SMILES string of the molecule is Cl.Fc1ccc(CN2CCCNCC2)cc1C(F)(F)F. The zero-order chi connectivity index (χ0) is 13.9. The monoisotopic (exact) mass is 312 g/mol. The van der Waals surface area contributed by atoms with Crippen molar-refractivity contribution in [2.45, 2.75) is 19.1 Å². The molecule has 114 valence electrons. The van der Waals surface area contributed by atoms with Gasteiger partial charge in [-0.3, -0.25) is 4.90 Å². The molecule has 0 aliphatic carbocycles. The van der Waals surface area contributed by atoms with Gasteiger partial charge in [-0.05, 0) is 37.2 Å². The van der Waals surface area contributed by atoms with Crippen molar-refractivity contribution in [3.05, 3.63) is 35.1 Å². The van der Waals surface area contributed by atoms with Gasteiger partial charge in [-0.25, -0.2) is 4.39 Å². The molecule has 0 bridgehead atoms. The lowest BCUT2D eigenvalue weighted by atomic mass is 10.1. The highest BCUT2D eigenvalue weighted by Gasteiger charge is 2.34. The summed E-state index contributed by atoms with van der Waals surface area (Å²) in [4.78, 5) is 2.08. The molecule has 1 heterocycles. The third kappa shape index (κ3) is 4.61. The van der Waals surface area contributed by atoms with Gasteiger partial charge in [0.25, 0.3) is 0 Å². The Morgan fingerprint density at radius 3 is 2.60 bits per heavy atom. The van der Waals surface area contributed by atoms with Gasteiger partial charge in [0.15, 0.2) is 0 Å². The highest BCUT2D eigenvalue weighted by molar-refractivity contribution is 5.85.